The topological polar surface area (TPSA) is 84.9 Å². The lowest BCUT2D eigenvalue weighted by atomic mass is 10.1. The van der Waals surface area contributed by atoms with Gasteiger partial charge in [0.25, 0.3) is 0 Å². The van der Waals surface area contributed by atoms with Crippen molar-refractivity contribution in [2.45, 2.75) is 51.3 Å². The summed E-state index contributed by atoms with van der Waals surface area (Å²) in [7, 11) is -3.61. The maximum atomic E-state index is 13.0. The molecule has 32 heavy (non-hydrogen) atoms. The molecule has 7 nitrogen and oxygen atoms in total. The molecular formula is C24H32N2O5S. The number of amides is 1. The summed E-state index contributed by atoms with van der Waals surface area (Å²) in [5.74, 6) is 0.917. The third kappa shape index (κ3) is 6.01. The van der Waals surface area contributed by atoms with Crippen LogP contribution in [0.1, 0.15) is 43.7 Å². The third-order valence-corrected chi connectivity index (χ3v) is 7.30. The van der Waals surface area contributed by atoms with E-state index in [1.165, 1.54) is 16.4 Å². The highest BCUT2D eigenvalue weighted by Gasteiger charge is 2.27. The summed E-state index contributed by atoms with van der Waals surface area (Å²) >= 11 is 0. The molecule has 1 saturated heterocycles. The normalized spacial score (nSPS) is 14.7. The number of nitrogens with one attached hydrogen (secondary N) is 1. The van der Waals surface area contributed by atoms with Gasteiger partial charge in [0.05, 0.1) is 30.2 Å². The van der Waals surface area contributed by atoms with E-state index in [0.29, 0.717) is 31.1 Å². The van der Waals surface area contributed by atoms with Crippen LogP contribution < -0.4 is 14.8 Å². The van der Waals surface area contributed by atoms with E-state index >= 15 is 0 Å². The molecule has 1 amide bonds. The Labute approximate surface area is 190 Å². The van der Waals surface area contributed by atoms with Crippen molar-refractivity contribution in [3.05, 3.63) is 47.5 Å². The lowest BCUT2D eigenvalue weighted by molar-refractivity contribution is -0.116. The molecule has 0 unspecified atom stereocenters. The first-order valence-electron chi connectivity index (χ1n) is 11.1. The van der Waals surface area contributed by atoms with Crippen LogP contribution in [0, 0.1) is 13.8 Å². The molecule has 0 radical (unpaired) electrons. The minimum Gasteiger partial charge on any atom is -0.493 e. The zero-order valence-corrected chi connectivity index (χ0v) is 19.8. The highest BCUT2D eigenvalue weighted by atomic mass is 32.2. The standard InChI is InChI=1S/C24H32N2O5S/c1-4-30-22-11-10-20(32(28,29)26-13-6-5-7-14-26)17-21(22)25-24(27)12-15-31-23-16-18(2)8-9-19(23)3/h8-11,16-17H,4-7,12-15H2,1-3H3,(H,25,27). The number of nitrogens with zero attached hydrogens (tertiary/aromatic N) is 1. The van der Waals surface area contributed by atoms with Gasteiger partial charge in [-0.15, -0.1) is 0 Å². The van der Waals surface area contributed by atoms with Gasteiger partial charge < -0.3 is 14.8 Å². The number of benzene rings is 2. The second-order valence-electron chi connectivity index (χ2n) is 7.97. The molecule has 0 aromatic heterocycles. The summed E-state index contributed by atoms with van der Waals surface area (Å²) in [6.45, 7) is 7.43. The van der Waals surface area contributed by atoms with Crippen LogP contribution in [0.4, 0.5) is 5.69 Å². The summed E-state index contributed by atoms with van der Waals surface area (Å²) in [6, 6.07) is 10.5. The molecule has 0 spiro atoms. The molecule has 0 bridgehead atoms. The van der Waals surface area contributed by atoms with Gasteiger partial charge in [-0.25, -0.2) is 8.42 Å². The minimum atomic E-state index is -3.61. The quantitative estimate of drug-likeness (QED) is 0.604. The third-order valence-electron chi connectivity index (χ3n) is 5.41. The van der Waals surface area contributed by atoms with Gasteiger partial charge in [-0.1, -0.05) is 18.6 Å². The van der Waals surface area contributed by atoms with Gasteiger partial charge in [0.2, 0.25) is 15.9 Å². The second-order valence-corrected chi connectivity index (χ2v) is 9.91. The molecule has 1 fully saturated rings. The molecule has 1 heterocycles. The molecule has 0 saturated carbocycles. The van der Waals surface area contributed by atoms with Crippen molar-refractivity contribution in [2.75, 3.05) is 31.6 Å². The number of rotatable bonds is 9. The number of ether oxygens (including phenoxy) is 2. The maximum absolute atomic E-state index is 13.0. The van der Waals surface area contributed by atoms with Crippen LogP contribution in [-0.2, 0) is 14.8 Å². The fourth-order valence-electron chi connectivity index (χ4n) is 3.63. The van der Waals surface area contributed by atoms with Crippen LogP contribution in [0.5, 0.6) is 11.5 Å². The van der Waals surface area contributed by atoms with E-state index in [-0.39, 0.29) is 23.8 Å². The molecule has 3 rings (SSSR count). The van der Waals surface area contributed by atoms with Gasteiger partial charge in [-0.05, 0) is 69.0 Å². The molecule has 2 aromatic rings. The number of carbonyl (C=O) groups excluding carboxylic acids is 1. The Morgan fingerprint density at radius 3 is 2.47 bits per heavy atom. The van der Waals surface area contributed by atoms with E-state index in [9.17, 15) is 13.2 Å². The zero-order chi connectivity index (χ0) is 23.1. The fourth-order valence-corrected chi connectivity index (χ4v) is 5.18. The fraction of sp³-hybridized carbons (Fsp3) is 0.458. The monoisotopic (exact) mass is 460 g/mol. The lowest BCUT2D eigenvalue weighted by Gasteiger charge is -2.26. The molecule has 1 aliphatic rings. The predicted octanol–water partition coefficient (Wildman–Crippen LogP) is 4.28. The Morgan fingerprint density at radius 2 is 1.75 bits per heavy atom. The number of piperidine rings is 1. The first-order chi connectivity index (χ1) is 15.3. The zero-order valence-electron chi connectivity index (χ0n) is 19.0. The predicted molar refractivity (Wildman–Crippen MR) is 125 cm³/mol. The number of hydrogen-bond donors (Lipinski definition) is 1. The van der Waals surface area contributed by atoms with Crippen molar-refractivity contribution < 1.29 is 22.7 Å². The van der Waals surface area contributed by atoms with Crippen LogP contribution >= 0.6 is 0 Å². The van der Waals surface area contributed by atoms with Crippen molar-refractivity contribution in [3.8, 4) is 11.5 Å². The van der Waals surface area contributed by atoms with Gasteiger partial charge in [0.1, 0.15) is 11.5 Å². The second kappa shape index (κ2) is 10.8. The minimum absolute atomic E-state index is 0.127. The number of anilines is 1. The summed E-state index contributed by atoms with van der Waals surface area (Å²) < 4.78 is 38.9. The van der Waals surface area contributed by atoms with Crippen LogP contribution in [0.3, 0.4) is 0 Å². The largest absolute Gasteiger partial charge is 0.493 e. The molecule has 0 atom stereocenters. The van der Waals surface area contributed by atoms with E-state index in [1.807, 2.05) is 39.0 Å². The Kier molecular flexibility index (Phi) is 8.15. The smallest absolute Gasteiger partial charge is 0.243 e. The van der Waals surface area contributed by atoms with Gasteiger partial charge in [-0.2, -0.15) is 4.31 Å². The SMILES string of the molecule is CCOc1ccc(S(=O)(=O)N2CCCCC2)cc1NC(=O)CCOc1cc(C)ccc1C. The highest BCUT2D eigenvalue weighted by Crippen LogP contribution is 2.30. The van der Waals surface area contributed by atoms with Crippen molar-refractivity contribution in [2.24, 2.45) is 0 Å². The van der Waals surface area contributed by atoms with Gasteiger partial charge in [0, 0.05) is 13.1 Å². The van der Waals surface area contributed by atoms with Crippen molar-refractivity contribution in [3.63, 3.8) is 0 Å². The van der Waals surface area contributed by atoms with E-state index in [4.69, 9.17) is 9.47 Å². The average molecular weight is 461 g/mol. The van der Waals surface area contributed by atoms with Crippen LogP contribution in [0.2, 0.25) is 0 Å². The molecule has 1 aliphatic heterocycles. The van der Waals surface area contributed by atoms with Crippen molar-refractivity contribution in [1.29, 1.82) is 0 Å². The average Bonchev–Trinajstić information content (AvgIpc) is 2.78. The van der Waals surface area contributed by atoms with E-state index in [2.05, 4.69) is 5.32 Å². The summed E-state index contributed by atoms with van der Waals surface area (Å²) in [5, 5.41) is 2.80. The maximum Gasteiger partial charge on any atom is 0.243 e. The first-order valence-corrected chi connectivity index (χ1v) is 12.5. The van der Waals surface area contributed by atoms with Crippen LogP contribution in [0.15, 0.2) is 41.3 Å². The number of hydrogen-bond acceptors (Lipinski definition) is 5. The number of aryl methyl sites for hydroxylation is 2. The van der Waals surface area contributed by atoms with Crippen molar-refractivity contribution in [1.82, 2.24) is 4.31 Å². The van der Waals surface area contributed by atoms with Crippen LogP contribution in [0.25, 0.3) is 0 Å². The molecule has 1 N–H and O–H groups in total. The molecule has 2 aromatic carbocycles. The molecule has 0 aliphatic carbocycles. The van der Waals surface area contributed by atoms with Crippen LogP contribution in [-0.4, -0.2) is 44.9 Å². The highest BCUT2D eigenvalue weighted by molar-refractivity contribution is 7.89. The Bertz CT molecular complexity index is 1050. The van der Waals surface area contributed by atoms with E-state index in [1.54, 1.807) is 6.07 Å². The summed E-state index contributed by atoms with van der Waals surface area (Å²) in [4.78, 5) is 12.7. The molecule has 174 valence electrons. The number of carbonyl (C=O) groups is 1. The Balaban J connectivity index is 1.70. The van der Waals surface area contributed by atoms with Gasteiger partial charge >= 0.3 is 0 Å². The number of sulfonamides is 1. The summed E-state index contributed by atoms with van der Waals surface area (Å²) in [5.41, 5.74) is 2.44. The van der Waals surface area contributed by atoms with Gasteiger partial charge in [0.15, 0.2) is 0 Å². The Morgan fingerprint density at radius 1 is 1.00 bits per heavy atom. The van der Waals surface area contributed by atoms with Crippen molar-refractivity contribution >= 4 is 21.6 Å². The van der Waals surface area contributed by atoms with E-state index < -0.39 is 10.0 Å². The lowest BCUT2D eigenvalue weighted by Crippen LogP contribution is -2.35. The molecular weight excluding hydrogens is 428 g/mol. The van der Waals surface area contributed by atoms with Gasteiger partial charge in [-0.3, -0.25) is 4.79 Å². The van der Waals surface area contributed by atoms with E-state index in [0.717, 1.165) is 36.1 Å². The first kappa shape index (κ1) is 24.1. The molecule has 8 heteroatoms. The Hall–Kier alpha value is -2.58. The summed E-state index contributed by atoms with van der Waals surface area (Å²) in [6.07, 6.45) is 2.89.